The second-order valence-electron chi connectivity index (χ2n) is 5.41. The molecule has 6 nitrogen and oxygen atoms in total. The van der Waals surface area contributed by atoms with Gasteiger partial charge < -0.3 is 15.1 Å². The third-order valence-corrected chi connectivity index (χ3v) is 4.23. The molecule has 2 heterocycles. The van der Waals surface area contributed by atoms with Crippen LogP contribution in [0.25, 0.3) is 0 Å². The number of rotatable bonds is 6. The van der Waals surface area contributed by atoms with Crippen molar-refractivity contribution in [3.63, 3.8) is 0 Å². The summed E-state index contributed by atoms with van der Waals surface area (Å²) in [7, 11) is 2.17. The van der Waals surface area contributed by atoms with Gasteiger partial charge in [-0.3, -0.25) is 0 Å². The molecule has 1 saturated heterocycles. The van der Waals surface area contributed by atoms with Crippen molar-refractivity contribution in [1.82, 2.24) is 19.9 Å². The zero-order valence-corrected chi connectivity index (χ0v) is 13.9. The van der Waals surface area contributed by atoms with Crippen molar-refractivity contribution in [2.45, 2.75) is 39.2 Å². The Bertz CT molecular complexity index is 451. The van der Waals surface area contributed by atoms with Crippen LogP contribution in [0, 0.1) is 0 Å². The van der Waals surface area contributed by atoms with Crippen LogP contribution >= 0.6 is 11.6 Å². The van der Waals surface area contributed by atoms with E-state index in [0.29, 0.717) is 17.9 Å². The van der Waals surface area contributed by atoms with E-state index in [4.69, 9.17) is 11.6 Å². The first kappa shape index (κ1) is 16.2. The number of halogens is 1. The van der Waals surface area contributed by atoms with Crippen LogP contribution < -0.4 is 10.2 Å². The van der Waals surface area contributed by atoms with Crippen LogP contribution in [0.3, 0.4) is 0 Å². The van der Waals surface area contributed by atoms with Crippen LogP contribution in [-0.4, -0.2) is 59.1 Å². The van der Waals surface area contributed by atoms with E-state index in [1.54, 1.807) is 0 Å². The number of likely N-dealkylation sites (N-methyl/N-ethyl adjacent to an activating group) is 1. The lowest BCUT2D eigenvalue weighted by Gasteiger charge is -2.32. The van der Waals surface area contributed by atoms with Crippen molar-refractivity contribution in [1.29, 1.82) is 0 Å². The van der Waals surface area contributed by atoms with E-state index in [9.17, 15) is 0 Å². The van der Waals surface area contributed by atoms with Gasteiger partial charge in [-0.15, -0.1) is 0 Å². The van der Waals surface area contributed by atoms with Crippen LogP contribution in [0.4, 0.5) is 11.9 Å². The zero-order chi connectivity index (χ0) is 15.2. The Morgan fingerprint density at radius 3 is 2.67 bits per heavy atom. The monoisotopic (exact) mass is 312 g/mol. The molecule has 21 heavy (non-hydrogen) atoms. The Morgan fingerprint density at radius 1 is 1.24 bits per heavy atom. The highest BCUT2D eigenvalue weighted by atomic mass is 35.5. The average Bonchev–Trinajstić information content (AvgIpc) is 2.47. The SMILES string of the molecule is CCN(CC)c1nc(Cl)nc(NCC2CCCCN2C)n1. The van der Waals surface area contributed by atoms with E-state index in [1.165, 1.54) is 19.3 Å². The van der Waals surface area contributed by atoms with Crippen molar-refractivity contribution in [3.05, 3.63) is 5.28 Å². The van der Waals surface area contributed by atoms with Gasteiger partial charge in [0.05, 0.1) is 0 Å². The highest BCUT2D eigenvalue weighted by Crippen LogP contribution is 2.17. The molecule has 2 rings (SSSR count). The molecule has 1 aliphatic rings. The molecule has 0 saturated carbocycles. The van der Waals surface area contributed by atoms with Crippen molar-refractivity contribution in [2.24, 2.45) is 0 Å². The highest BCUT2D eigenvalue weighted by Gasteiger charge is 2.19. The van der Waals surface area contributed by atoms with Crippen molar-refractivity contribution in [3.8, 4) is 0 Å². The van der Waals surface area contributed by atoms with Gasteiger partial charge in [-0.2, -0.15) is 15.0 Å². The van der Waals surface area contributed by atoms with Crippen molar-refractivity contribution in [2.75, 3.05) is 43.4 Å². The van der Waals surface area contributed by atoms with Gasteiger partial charge in [-0.25, -0.2) is 0 Å². The molecule has 0 aliphatic carbocycles. The summed E-state index contributed by atoms with van der Waals surface area (Å²) in [4.78, 5) is 17.3. The molecule has 1 aromatic heterocycles. The maximum atomic E-state index is 6.02. The molecular formula is C14H25ClN6. The van der Waals surface area contributed by atoms with Gasteiger partial charge in [0.15, 0.2) is 0 Å². The molecule has 1 unspecified atom stereocenters. The maximum absolute atomic E-state index is 6.02. The van der Waals surface area contributed by atoms with Gasteiger partial charge in [0.1, 0.15) is 0 Å². The van der Waals surface area contributed by atoms with Crippen molar-refractivity contribution < 1.29 is 0 Å². The zero-order valence-electron chi connectivity index (χ0n) is 13.1. The van der Waals surface area contributed by atoms with Crippen LogP contribution in [0.2, 0.25) is 5.28 Å². The molecule has 118 valence electrons. The lowest BCUT2D eigenvalue weighted by molar-refractivity contribution is 0.194. The van der Waals surface area contributed by atoms with Gasteiger partial charge in [-0.05, 0) is 51.9 Å². The Labute approximate surface area is 131 Å². The summed E-state index contributed by atoms with van der Waals surface area (Å²) >= 11 is 6.02. The molecule has 0 radical (unpaired) electrons. The number of anilines is 2. The topological polar surface area (TPSA) is 57.2 Å². The molecule has 0 bridgehead atoms. The summed E-state index contributed by atoms with van der Waals surface area (Å²) in [5.41, 5.74) is 0. The predicted molar refractivity (Wildman–Crippen MR) is 87.2 cm³/mol. The van der Waals surface area contributed by atoms with E-state index in [2.05, 4.69) is 51.0 Å². The maximum Gasteiger partial charge on any atom is 0.231 e. The van der Waals surface area contributed by atoms with Crippen LogP contribution in [0.5, 0.6) is 0 Å². The first-order chi connectivity index (χ1) is 10.1. The smallest absolute Gasteiger partial charge is 0.231 e. The van der Waals surface area contributed by atoms with Crippen LogP contribution in [0.1, 0.15) is 33.1 Å². The first-order valence-corrected chi connectivity index (χ1v) is 8.12. The van der Waals surface area contributed by atoms with Gasteiger partial charge >= 0.3 is 0 Å². The standard InChI is InChI=1S/C14H25ClN6/c1-4-21(5-2)14-18-12(15)17-13(19-14)16-10-11-8-6-7-9-20(11)3/h11H,4-10H2,1-3H3,(H,16,17,18,19). The van der Waals surface area contributed by atoms with E-state index in [1.807, 2.05) is 0 Å². The summed E-state index contributed by atoms with van der Waals surface area (Å²) in [6.45, 7) is 7.85. The fraction of sp³-hybridized carbons (Fsp3) is 0.786. The summed E-state index contributed by atoms with van der Waals surface area (Å²) in [6.07, 6.45) is 3.79. The second kappa shape index (κ2) is 7.75. The Morgan fingerprint density at radius 2 is 2.00 bits per heavy atom. The minimum atomic E-state index is 0.242. The third-order valence-electron chi connectivity index (χ3n) is 4.06. The normalized spacial score (nSPS) is 19.5. The van der Waals surface area contributed by atoms with E-state index >= 15 is 0 Å². The summed E-state index contributed by atoms with van der Waals surface area (Å²) in [5, 5.41) is 3.56. The van der Waals surface area contributed by atoms with E-state index < -0.39 is 0 Å². The summed E-state index contributed by atoms with van der Waals surface area (Å²) in [5.74, 6) is 1.20. The Hall–Kier alpha value is -1.14. The molecule has 7 heteroatoms. The largest absolute Gasteiger partial charge is 0.352 e. The molecule has 1 aromatic rings. The van der Waals surface area contributed by atoms with E-state index in [0.717, 1.165) is 26.2 Å². The Balaban J connectivity index is 2.02. The summed E-state index contributed by atoms with van der Waals surface area (Å²) < 4.78 is 0. The molecule has 1 aliphatic heterocycles. The molecule has 0 aromatic carbocycles. The number of likely N-dealkylation sites (tertiary alicyclic amines) is 1. The lowest BCUT2D eigenvalue weighted by atomic mass is 10.0. The van der Waals surface area contributed by atoms with E-state index in [-0.39, 0.29) is 5.28 Å². The second-order valence-corrected chi connectivity index (χ2v) is 5.75. The Kier molecular flexibility index (Phi) is 5.99. The number of piperidine rings is 1. The molecule has 1 atom stereocenters. The number of aromatic nitrogens is 3. The van der Waals surface area contributed by atoms with Crippen molar-refractivity contribution >= 4 is 23.5 Å². The van der Waals surface area contributed by atoms with Gasteiger partial charge in [0.2, 0.25) is 17.2 Å². The van der Waals surface area contributed by atoms with Gasteiger partial charge in [0.25, 0.3) is 0 Å². The molecule has 1 N–H and O–H groups in total. The molecule has 0 spiro atoms. The van der Waals surface area contributed by atoms with Gasteiger partial charge in [0, 0.05) is 25.7 Å². The minimum absolute atomic E-state index is 0.242. The quantitative estimate of drug-likeness (QED) is 0.869. The molecule has 1 fully saturated rings. The molecule has 0 amide bonds. The predicted octanol–water partition coefficient (Wildman–Crippen LogP) is 2.27. The van der Waals surface area contributed by atoms with Gasteiger partial charge in [-0.1, -0.05) is 6.42 Å². The van der Waals surface area contributed by atoms with Crippen LogP contribution in [-0.2, 0) is 0 Å². The number of hydrogen-bond acceptors (Lipinski definition) is 6. The fourth-order valence-electron chi connectivity index (χ4n) is 2.68. The minimum Gasteiger partial charge on any atom is -0.352 e. The fourth-order valence-corrected chi connectivity index (χ4v) is 2.83. The number of hydrogen-bond donors (Lipinski definition) is 1. The third kappa shape index (κ3) is 4.41. The average molecular weight is 313 g/mol. The first-order valence-electron chi connectivity index (χ1n) is 7.74. The number of nitrogens with zero attached hydrogens (tertiary/aromatic N) is 5. The van der Waals surface area contributed by atoms with Crippen LogP contribution in [0.15, 0.2) is 0 Å². The summed E-state index contributed by atoms with van der Waals surface area (Å²) in [6, 6.07) is 0.534. The lowest BCUT2D eigenvalue weighted by Crippen LogP contribution is -2.41. The molecular weight excluding hydrogens is 288 g/mol. The highest BCUT2D eigenvalue weighted by molar-refractivity contribution is 6.28. The number of nitrogens with one attached hydrogen (secondary N) is 1.